The number of benzene rings is 1. The van der Waals surface area contributed by atoms with Gasteiger partial charge in [0.25, 0.3) is 0 Å². The molecule has 2 rings (SSSR count). The summed E-state index contributed by atoms with van der Waals surface area (Å²) in [6, 6.07) is 5.84. The molecule has 0 aromatic heterocycles. The smallest absolute Gasteiger partial charge is 0.308 e. The third kappa shape index (κ3) is 2.45. The van der Waals surface area contributed by atoms with Crippen molar-refractivity contribution in [2.75, 3.05) is 20.1 Å². The van der Waals surface area contributed by atoms with E-state index >= 15 is 0 Å². The summed E-state index contributed by atoms with van der Waals surface area (Å²) in [5.41, 5.74) is 2.05. The summed E-state index contributed by atoms with van der Waals surface area (Å²) in [5, 5.41) is 9.94. The van der Waals surface area contributed by atoms with Crippen molar-refractivity contribution < 1.29 is 9.90 Å². The van der Waals surface area contributed by atoms with Crippen LogP contribution in [0.1, 0.15) is 17.0 Å². The van der Waals surface area contributed by atoms with Crippen molar-refractivity contribution in [2.45, 2.75) is 12.8 Å². The Morgan fingerprint density at radius 3 is 2.76 bits per heavy atom. The molecule has 4 heteroatoms. The van der Waals surface area contributed by atoms with Crippen LogP contribution in [0.15, 0.2) is 18.2 Å². The highest BCUT2D eigenvalue weighted by Crippen LogP contribution is 2.33. The number of nitrogens with zero attached hydrogens (tertiary/aromatic N) is 1. The first kappa shape index (κ1) is 12.4. The average Bonchev–Trinajstić information content (AvgIpc) is 2.64. The second-order valence-corrected chi connectivity index (χ2v) is 5.19. The molecule has 0 saturated carbocycles. The minimum Gasteiger partial charge on any atom is -0.481 e. The largest absolute Gasteiger partial charge is 0.481 e. The number of likely N-dealkylation sites (tertiary alicyclic amines) is 1. The maximum atomic E-state index is 11.2. The van der Waals surface area contributed by atoms with Gasteiger partial charge >= 0.3 is 5.97 Å². The third-order valence-electron chi connectivity index (χ3n) is 3.44. The fourth-order valence-electron chi connectivity index (χ4n) is 2.43. The highest BCUT2D eigenvalue weighted by atomic mass is 35.5. The third-order valence-corrected chi connectivity index (χ3v) is 3.85. The molecule has 1 aliphatic rings. The normalized spacial score (nSPS) is 25.1. The summed E-state index contributed by atoms with van der Waals surface area (Å²) < 4.78 is 0. The number of rotatable bonds is 2. The van der Waals surface area contributed by atoms with Gasteiger partial charge in [-0.25, -0.2) is 0 Å². The molecular formula is C13H16ClNO2. The Morgan fingerprint density at radius 1 is 1.47 bits per heavy atom. The second kappa shape index (κ2) is 4.67. The van der Waals surface area contributed by atoms with E-state index in [9.17, 15) is 9.90 Å². The second-order valence-electron chi connectivity index (χ2n) is 4.78. The van der Waals surface area contributed by atoms with Gasteiger partial charge in [-0.1, -0.05) is 23.7 Å². The summed E-state index contributed by atoms with van der Waals surface area (Å²) in [6.45, 7) is 3.32. The minimum atomic E-state index is -0.726. The van der Waals surface area contributed by atoms with Gasteiger partial charge in [0.2, 0.25) is 0 Å². The number of carboxylic acid groups (broad SMARTS) is 1. The molecule has 92 valence electrons. The fraction of sp³-hybridized carbons (Fsp3) is 0.462. The quantitative estimate of drug-likeness (QED) is 0.880. The lowest BCUT2D eigenvalue weighted by molar-refractivity contribution is -0.141. The maximum absolute atomic E-state index is 11.2. The number of halogens is 1. The topological polar surface area (TPSA) is 40.5 Å². The van der Waals surface area contributed by atoms with Crippen LogP contribution in [-0.4, -0.2) is 36.1 Å². The Bertz CT molecular complexity index is 447. The maximum Gasteiger partial charge on any atom is 0.308 e. The van der Waals surface area contributed by atoms with Crippen LogP contribution in [0.25, 0.3) is 0 Å². The van der Waals surface area contributed by atoms with Crippen LogP contribution >= 0.6 is 11.6 Å². The monoisotopic (exact) mass is 253 g/mol. The number of aryl methyl sites for hydroxylation is 1. The first-order valence-corrected chi connectivity index (χ1v) is 6.04. The molecule has 1 N–H and O–H groups in total. The van der Waals surface area contributed by atoms with E-state index in [1.54, 1.807) is 0 Å². The Balaban J connectivity index is 2.31. The number of carbonyl (C=O) groups is 1. The van der Waals surface area contributed by atoms with Gasteiger partial charge in [-0.15, -0.1) is 0 Å². The van der Waals surface area contributed by atoms with E-state index in [2.05, 4.69) is 4.90 Å². The van der Waals surface area contributed by atoms with Crippen molar-refractivity contribution in [3.05, 3.63) is 34.3 Å². The van der Waals surface area contributed by atoms with Crippen molar-refractivity contribution in [3.8, 4) is 0 Å². The molecule has 17 heavy (non-hydrogen) atoms. The fourth-order valence-corrected chi connectivity index (χ4v) is 2.62. The first-order chi connectivity index (χ1) is 7.99. The van der Waals surface area contributed by atoms with Crippen LogP contribution in [-0.2, 0) is 4.79 Å². The van der Waals surface area contributed by atoms with Gasteiger partial charge in [-0.05, 0) is 31.2 Å². The SMILES string of the molecule is Cc1ccc(C2CN(C)CC2C(=O)O)cc1Cl. The van der Waals surface area contributed by atoms with E-state index in [1.807, 2.05) is 32.2 Å². The number of hydrogen-bond acceptors (Lipinski definition) is 2. The van der Waals surface area contributed by atoms with E-state index in [0.29, 0.717) is 11.6 Å². The van der Waals surface area contributed by atoms with Crippen molar-refractivity contribution in [3.63, 3.8) is 0 Å². The van der Waals surface area contributed by atoms with Crippen molar-refractivity contribution in [1.29, 1.82) is 0 Å². The molecule has 2 unspecified atom stereocenters. The summed E-state index contributed by atoms with van der Waals surface area (Å²) in [7, 11) is 1.95. The number of likely N-dealkylation sites (N-methyl/N-ethyl adjacent to an activating group) is 1. The van der Waals surface area contributed by atoms with Gasteiger partial charge in [0.1, 0.15) is 0 Å². The Kier molecular flexibility index (Phi) is 3.40. The zero-order chi connectivity index (χ0) is 12.6. The number of hydrogen-bond donors (Lipinski definition) is 1. The molecule has 0 bridgehead atoms. The van der Waals surface area contributed by atoms with Gasteiger partial charge in [-0.3, -0.25) is 4.79 Å². The lowest BCUT2D eigenvalue weighted by atomic mass is 9.88. The molecule has 3 nitrogen and oxygen atoms in total. The van der Waals surface area contributed by atoms with Gasteiger partial charge in [0.05, 0.1) is 5.92 Å². The summed E-state index contributed by atoms with van der Waals surface area (Å²) in [5.74, 6) is -1.02. The molecule has 1 saturated heterocycles. The Morgan fingerprint density at radius 2 is 2.18 bits per heavy atom. The zero-order valence-electron chi connectivity index (χ0n) is 9.98. The predicted molar refractivity (Wildman–Crippen MR) is 67.6 cm³/mol. The van der Waals surface area contributed by atoms with Crippen molar-refractivity contribution in [1.82, 2.24) is 4.90 Å². The molecule has 0 spiro atoms. The summed E-state index contributed by atoms with van der Waals surface area (Å²) in [6.07, 6.45) is 0. The lowest BCUT2D eigenvalue weighted by Gasteiger charge is -2.15. The van der Waals surface area contributed by atoms with Gasteiger partial charge in [0, 0.05) is 24.0 Å². The van der Waals surface area contributed by atoms with E-state index in [4.69, 9.17) is 11.6 Å². The van der Waals surface area contributed by atoms with Crippen LogP contribution in [0.3, 0.4) is 0 Å². The predicted octanol–water partition coefficient (Wildman–Crippen LogP) is 2.38. The molecule has 1 aromatic carbocycles. The Hall–Kier alpha value is -1.06. The Labute approximate surface area is 106 Å². The summed E-state index contributed by atoms with van der Waals surface area (Å²) in [4.78, 5) is 13.3. The summed E-state index contributed by atoms with van der Waals surface area (Å²) >= 11 is 6.09. The van der Waals surface area contributed by atoms with Crippen LogP contribution in [0.2, 0.25) is 5.02 Å². The van der Waals surface area contributed by atoms with Crippen LogP contribution < -0.4 is 0 Å². The minimum absolute atomic E-state index is 0.0376. The van der Waals surface area contributed by atoms with Crippen LogP contribution in [0, 0.1) is 12.8 Å². The number of carboxylic acids is 1. The zero-order valence-corrected chi connectivity index (χ0v) is 10.7. The molecular weight excluding hydrogens is 238 g/mol. The van der Waals surface area contributed by atoms with Gasteiger partial charge in [-0.2, -0.15) is 0 Å². The highest BCUT2D eigenvalue weighted by molar-refractivity contribution is 6.31. The lowest BCUT2D eigenvalue weighted by Crippen LogP contribution is -2.21. The van der Waals surface area contributed by atoms with Crippen LogP contribution in [0.5, 0.6) is 0 Å². The molecule has 1 heterocycles. The molecule has 2 atom stereocenters. The van der Waals surface area contributed by atoms with E-state index in [1.165, 1.54) is 0 Å². The van der Waals surface area contributed by atoms with Gasteiger partial charge in [0.15, 0.2) is 0 Å². The molecule has 1 fully saturated rings. The average molecular weight is 254 g/mol. The molecule has 0 aliphatic carbocycles. The molecule has 1 aromatic rings. The highest BCUT2D eigenvalue weighted by Gasteiger charge is 2.36. The van der Waals surface area contributed by atoms with Crippen molar-refractivity contribution in [2.24, 2.45) is 5.92 Å². The molecule has 0 amide bonds. The van der Waals surface area contributed by atoms with Crippen molar-refractivity contribution >= 4 is 17.6 Å². The molecule has 1 aliphatic heterocycles. The van der Waals surface area contributed by atoms with Gasteiger partial charge < -0.3 is 10.0 Å². The van der Waals surface area contributed by atoms with E-state index in [0.717, 1.165) is 17.7 Å². The molecule has 0 radical (unpaired) electrons. The van der Waals surface area contributed by atoms with E-state index < -0.39 is 5.97 Å². The van der Waals surface area contributed by atoms with Crippen LogP contribution in [0.4, 0.5) is 0 Å². The number of aliphatic carboxylic acids is 1. The first-order valence-electron chi connectivity index (χ1n) is 5.66. The van der Waals surface area contributed by atoms with E-state index in [-0.39, 0.29) is 11.8 Å². The standard InChI is InChI=1S/C13H16ClNO2/c1-8-3-4-9(5-12(8)14)10-6-15(2)7-11(10)13(16)17/h3-5,10-11H,6-7H2,1-2H3,(H,16,17).